The molecule has 0 bridgehead atoms. The molecule has 6 heteroatoms. The predicted octanol–water partition coefficient (Wildman–Crippen LogP) is 1.36. The lowest BCUT2D eigenvalue weighted by atomic mass is 10.2. The van der Waals surface area contributed by atoms with Gasteiger partial charge in [0.2, 0.25) is 0 Å². The van der Waals surface area contributed by atoms with Gasteiger partial charge < -0.3 is 10.1 Å². The van der Waals surface area contributed by atoms with Crippen molar-refractivity contribution in [2.45, 2.75) is 13.5 Å². The predicted molar refractivity (Wildman–Crippen MR) is 69.0 cm³/mol. The third kappa shape index (κ3) is 4.62. The van der Waals surface area contributed by atoms with E-state index in [4.69, 9.17) is 4.74 Å². The van der Waals surface area contributed by atoms with E-state index in [0.717, 1.165) is 5.56 Å². The summed E-state index contributed by atoms with van der Waals surface area (Å²) in [6.45, 7) is 2.11. The molecule has 0 amide bonds. The molecule has 0 atom stereocenters. The average molecular weight is 275 g/mol. The minimum Gasteiger partial charge on any atom is -0.489 e. The largest absolute Gasteiger partial charge is 0.489 e. The zero-order valence-corrected chi connectivity index (χ0v) is 11.4. The van der Waals surface area contributed by atoms with Gasteiger partial charge in [0.1, 0.15) is 6.61 Å². The summed E-state index contributed by atoms with van der Waals surface area (Å²) in [7, 11) is -1.30. The molecule has 1 N–H and O–H groups in total. The highest BCUT2D eigenvalue weighted by Crippen LogP contribution is 2.18. The maximum Gasteiger partial charge on any atom is 0.165 e. The second kappa shape index (κ2) is 6.70. The number of sulfone groups is 1. The lowest BCUT2D eigenvalue weighted by molar-refractivity contribution is 0.322. The van der Waals surface area contributed by atoms with Crippen molar-refractivity contribution in [3.8, 4) is 5.75 Å². The van der Waals surface area contributed by atoms with E-state index in [9.17, 15) is 12.8 Å². The van der Waals surface area contributed by atoms with E-state index in [2.05, 4.69) is 5.32 Å². The quantitative estimate of drug-likeness (QED) is 0.816. The molecule has 0 spiro atoms. The zero-order valence-electron chi connectivity index (χ0n) is 10.6. The standard InChI is InChI=1S/C12H18FNO3S/c1-3-18(15,16)7-6-17-12-5-4-10(9-14-2)8-11(12)13/h4-5,8,14H,3,6-7,9H2,1-2H3. The molecule has 1 aromatic rings. The molecular formula is C12H18FNO3S. The van der Waals surface area contributed by atoms with Crippen molar-refractivity contribution in [1.29, 1.82) is 0 Å². The summed E-state index contributed by atoms with van der Waals surface area (Å²) in [6.07, 6.45) is 0. The van der Waals surface area contributed by atoms with Gasteiger partial charge in [-0.05, 0) is 24.7 Å². The third-order valence-corrected chi connectivity index (χ3v) is 4.14. The van der Waals surface area contributed by atoms with E-state index in [1.165, 1.54) is 12.1 Å². The number of nitrogens with one attached hydrogen (secondary N) is 1. The highest BCUT2D eigenvalue weighted by atomic mass is 32.2. The maximum absolute atomic E-state index is 13.6. The van der Waals surface area contributed by atoms with E-state index >= 15 is 0 Å². The maximum atomic E-state index is 13.6. The fourth-order valence-corrected chi connectivity index (χ4v) is 2.02. The summed E-state index contributed by atoms with van der Waals surface area (Å²) in [4.78, 5) is 0. The molecule has 0 saturated heterocycles. The van der Waals surface area contributed by atoms with Gasteiger partial charge in [0.25, 0.3) is 0 Å². The van der Waals surface area contributed by atoms with Crippen LogP contribution in [0.4, 0.5) is 4.39 Å². The minimum atomic E-state index is -3.08. The van der Waals surface area contributed by atoms with Crippen molar-refractivity contribution in [1.82, 2.24) is 5.32 Å². The Bertz CT molecular complexity index is 488. The molecule has 0 saturated carbocycles. The number of benzene rings is 1. The summed E-state index contributed by atoms with van der Waals surface area (Å²) in [6, 6.07) is 4.63. The van der Waals surface area contributed by atoms with Crippen LogP contribution < -0.4 is 10.1 Å². The van der Waals surface area contributed by atoms with Crippen molar-refractivity contribution >= 4 is 9.84 Å². The van der Waals surface area contributed by atoms with Gasteiger partial charge in [-0.2, -0.15) is 0 Å². The van der Waals surface area contributed by atoms with Gasteiger partial charge in [0.15, 0.2) is 21.4 Å². The molecule has 102 valence electrons. The number of hydrogen-bond donors (Lipinski definition) is 1. The zero-order chi connectivity index (χ0) is 13.6. The molecular weight excluding hydrogens is 257 g/mol. The van der Waals surface area contributed by atoms with Gasteiger partial charge in [-0.15, -0.1) is 0 Å². The fourth-order valence-electron chi connectivity index (χ4n) is 1.40. The second-order valence-corrected chi connectivity index (χ2v) is 6.35. The Kier molecular flexibility index (Phi) is 5.55. The summed E-state index contributed by atoms with van der Waals surface area (Å²) in [5.74, 6) is -0.418. The number of halogens is 1. The highest BCUT2D eigenvalue weighted by molar-refractivity contribution is 7.91. The van der Waals surface area contributed by atoms with E-state index in [1.54, 1.807) is 20.0 Å². The summed E-state index contributed by atoms with van der Waals surface area (Å²) in [5.41, 5.74) is 0.809. The first-order chi connectivity index (χ1) is 8.48. The number of hydrogen-bond acceptors (Lipinski definition) is 4. The molecule has 0 radical (unpaired) electrons. The molecule has 0 aliphatic heterocycles. The molecule has 0 aliphatic rings. The highest BCUT2D eigenvalue weighted by Gasteiger charge is 2.09. The first-order valence-electron chi connectivity index (χ1n) is 5.74. The topological polar surface area (TPSA) is 55.4 Å². The Balaban J connectivity index is 2.58. The molecule has 0 aromatic heterocycles. The molecule has 0 fully saturated rings. The van der Waals surface area contributed by atoms with Crippen LogP contribution in [0.5, 0.6) is 5.75 Å². The first kappa shape index (κ1) is 14.9. The average Bonchev–Trinajstić information content (AvgIpc) is 2.32. The van der Waals surface area contributed by atoms with Crippen LogP contribution in [0.3, 0.4) is 0 Å². The fraction of sp³-hybridized carbons (Fsp3) is 0.500. The van der Waals surface area contributed by atoms with Crippen LogP contribution >= 0.6 is 0 Å². The summed E-state index contributed by atoms with van der Waals surface area (Å²) in [5, 5.41) is 2.91. The van der Waals surface area contributed by atoms with Crippen molar-refractivity contribution in [2.24, 2.45) is 0 Å². The Morgan fingerprint density at radius 1 is 1.39 bits per heavy atom. The van der Waals surface area contributed by atoms with Gasteiger partial charge in [0, 0.05) is 12.3 Å². The van der Waals surface area contributed by atoms with Crippen LogP contribution in [-0.2, 0) is 16.4 Å². The molecule has 1 aromatic carbocycles. The van der Waals surface area contributed by atoms with Gasteiger partial charge in [-0.1, -0.05) is 13.0 Å². The van der Waals surface area contributed by atoms with Gasteiger partial charge >= 0.3 is 0 Å². The Labute approximate surface area is 107 Å². The van der Waals surface area contributed by atoms with Crippen LogP contribution in [-0.4, -0.2) is 33.6 Å². The van der Waals surface area contributed by atoms with E-state index in [-0.39, 0.29) is 23.9 Å². The molecule has 0 heterocycles. The first-order valence-corrected chi connectivity index (χ1v) is 7.57. The minimum absolute atomic E-state index is 0.0293. The van der Waals surface area contributed by atoms with Crippen molar-refractivity contribution < 1.29 is 17.5 Å². The monoisotopic (exact) mass is 275 g/mol. The number of ether oxygens (including phenoxy) is 1. The van der Waals surface area contributed by atoms with Crippen molar-refractivity contribution in [3.05, 3.63) is 29.6 Å². The lowest BCUT2D eigenvalue weighted by Gasteiger charge is -2.08. The van der Waals surface area contributed by atoms with Crippen LogP contribution in [0.25, 0.3) is 0 Å². The van der Waals surface area contributed by atoms with Gasteiger partial charge in [-0.3, -0.25) is 0 Å². The second-order valence-electron chi connectivity index (χ2n) is 3.88. The molecule has 18 heavy (non-hydrogen) atoms. The number of rotatable bonds is 7. The smallest absolute Gasteiger partial charge is 0.165 e. The van der Waals surface area contributed by atoms with Gasteiger partial charge in [-0.25, -0.2) is 12.8 Å². The van der Waals surface area contributed by atoms with E-state index in [0.29, 0.717) is 6.54 Å². The molecule has 0 unspecified atom stereocenters. The summed E-state index contributed by atoms with van der Waals surface area (Å²) >= 11 is 0. The molecule has 0 aliphatic carbocycles. The Morgan fingerprint density at radius 2 is 2.11 bits per heavy atom. The Morgan fingerprint density at radius 3 is 2.67 bits per heavy atom. The van der Waals surface area contributed by atoms with Crippen LogP contribution in [0, 0.1) is 5.82 Å². The Hall–Kier alpha value is -1.14. The normalized spacial score (nSPS) is 11.5. The SMILES string of the molecule is CCS(=O)(=O)CCOc1ccc(CNC)cc1F. The summed E-state index contributed by atoms with van der Waals surface area (Å²) < 4.78 is 41.2. The molecule has 1 rings (SSSR count). The van der Waals surface area contributed by atoms with Crippen LogP contribution in [0.15, 0.2) is 18.2 Å². The van der Waals surface area contributed by atoms with Crippen LogP contribution in [0.2, 0.25) is 0 Å². The lowest BCUT2D eigenvalue weighted by Crippen LogP contribution is -2.16. The van der Waals surface area contributed by atoms with E-state index < -0.39 is 15.7 Å². The van der Waals surface area contributed by atoms with Crippen LogP contribution in [0.1, 0.15) is 12.5 Å². The van der Waals surface area contributed by atoms with E-state index in [1.807, 2.05) is 0 Å². The third-order valence-electron chi connectivity index (χ3n) is 2.47. The van der Waals surface area contributed by atoms with Crippen molar-refractivity contribution in [3.63, 3.8) is 0 Å². The molecule has 4 nitrogen and oxygen atoms in total. The van der Waals surface area contributed by atoms with Crippen molar-refractivity contribution in [2.75, 3.05) is 25.2 Å². The van der Waals surface area contributed by atoms with Gasteiger partial charge in [0.05, 0.1) is 5.75 Å².